The molecule has 3 heterocycles. The van der Waals surface area contributed by atoms with Gasteiger partial charge in [-0.25, -0.2) is 0 Å². The van der Waals surface area contributed by atoms with Crippen LogP contribution in [0.5, 0.6) is 0 Å². The Morgan fingerprint density at radius 3 is 2.84 bits per heavy atom. The van der Waals surface area contributed by atoms with Crippen molar-refractivity contribution in [1.29, 1.82) is 0 Å². The zero-order valence-corrected chi connectivity index (χ0v) is 15.7. The molecule has 1 aromatic rings. The number of carbonyl (C=O) groups excluding carboxylic acids is 1. The summed E-state index contributed by atoms with van der Waals surface area (Å²) in [5.41, 5.74) is 3.56. The van der Waals surface area contributed by atoms with E-state index in [1.165, 1.54) is 5.56 Å². The Hall–Kier alpha value is -1.44. The fourth-order valence-electron chi connectivity index (χ4n) is 4.31. The average molecular weight is 349 g/mol. The molecular weight excluding hydrogens is 318 g/mol. The van der Waals surface area contributed by atoms with Crippen LogP contribution >= 0.6 is 0 Å². The summed E-state index contributed by atoms with van der Waals surface area (Å²) >= 11 is 0. The first-order valence-corrected chi connectivity index (χ1v) is 9.29. The molecule has 2 saturated heterocycles. The molecule has 2 aliphatic heterocycles. The first kappa shape index (κ1) is 18.4. The van der Waals surface area contributed by atoms with Crippen molar-refractivity contribution in [1.82, 2.24) is 24.9 Å². The Balaban J connectivity index is 1.75. The molecule has 1 atom stereocenters. The SMILES string of the molecule is Cc1nn(CCO)c(C)c1CN1CCN(C)C2(CCNC(=O)CC2)C1. The third-order valence-corrected chi connectivity index (χ3v) is 6.03. The number of likely N-dealkylation sites (N-methyl/N-ethyl adjacent to an activating group) is 1. The molecule has 2 fully saturated rings. The highest BCUT2D eigenvalue weighted by molar-refractivity contribution is 5.76. The average Bonchev–Trinajstić information content (AvgIpc) is 2.73. The number of nitrogens with zero attached hydrogens (tertiary/aromatic N) is 4. The summed E-state index contributed by atoms with van der Waals surface area (Å²) in [6, 6.07) is 0. The van der Waals surface area contributed by atoms with Gasteiger partial charge < -0.3 is 10.4 Å². The predicted octanol–water partition coefficient (Wildman–Crippen LogP) is 0.279. The highest BCUT2D eigenvalue weighted by Gasteiger charge is 2.41. The van der Waals surface area contributed by atoms with E-state index in [0.29, 0.717) is 13.0 Å². The lowest BCUT2D eigenvalue weighted by Crippen LogP contribution is -2.60. The van der Waals surface area contributed by atoms with Gasteiger partial charge in [-0.15, -0.1) is 0 Å². The summed E-state index contributed by atoms with van der Waals surface area (Å²) in [7, 11) is 2.20. The molecule has 7 nitrogen and oxygen atoms in total. The van der Waals surface area contributed by atoms with Crippen LogP contribution < -0.4 is 5.32 Å². The molecule has 0 aliphatic carbocycles. The second-order valence-electron chi connectivity index (χ2n) is 7.55. The number of aliphatic hydroxyl groups is 1. The summed E-state index contributed by atoms with van der Waals surface area (Å²) in [5.74, 6) is 0.180. The monoisotopic (exact) mass is 349 g/mol. The molecule has 3 rings (SSSR count). The minimum Gasteiger partial charge on any atom is -0.394 e. The maximum atomic E-state index is 11.8. The zero-order valence-electron chi connectivity index (χ0n) is 15.7. The van der Waals surface area contributed by atoms with Gasteiger partial charge in [0.2, 0.25) is 5.91 Å². The van der Waals surface area contributed by atoms with Crippen molar-refractivity contribution < 1.29 is 9.90 Å². The van der Waals surface area contributed by atoms with Crippen molar-refractivity contribution in [2.24, 2.45) is 0 Å². The first-order chi connectivity index (χ1) is 11.9. The van der Waals surface area contributed by atoms with Gasteiger partial charge in [0.1, 0.15) is 0 Å². The molecule has 0 aromatic carbocycles. The standard InChI is InChI=1S/C18H31N5O2/c1-14-16(15(2)23(20-14)10-11-24)12-22-9-8-21(3)18(13-22)5-4-17(25)19-7-6-18/h24H,4-13H2,1-3H3,(H,19,25). The number of amides is 1. The number of aromatic nitrogens is 2. The molecule has 1 unspecified atom stereocenters. The van der Waals surface area contributed by atoms with Crippen molar-refractivity contribution in [3.63, 3.8) is 0 Å². The van der Waals surface area contributed by atoms with Crippen LogP contribution in [0.3, 0.4) is 0 Å². The van der Waals surface area contributed by atoms with Crippen molar-refractivity contribution >= 4 is 5.91 Å². The zero-order chi connectivity index (χ0) is 18.0. The molecule has 0 saturated carbocycles. The van der Waals surface area contributed by atoms with Gasteiger partial charge in [-0.1, -0.05) is 0 Å². The Bertz CT molecular complexity index is 629. The molecule has 1 aromatic heterocycles. The normalized spacial score (nSPS) is 26.0. The van der Waals surface area contributed by atoms with E-state index < -0.39 is 0 Å². The van der Waals surface area contributed by atoms with Crippen LogP contribution in [0.4, 0.5) is 0 Å². The van der Waals surface area contributed by atoms with Gasteiger partial charge in [0.25, 0.3) is 0 Å². The van der Waals surface area contributed by atoms with Gasteiger partial charge in [0.15, 0.2) is 0 Å². The van der Waals surface area contributed by atoms with E-state index >= 15 is 0 Å². The summed E-state index contributed by atoms with van der Waals surface area (Å²) in [5, 5.41) is 16.8. The number of piperazine rings is 1. The number of aliphatic hydroxyl groups excluding tert-OH is 1. The van der Waals surface area contributed by atoms with Crippen LogP contribution in [0.1, 0.15) is 36.2 Å². The van der Waals surface area contributed by atoms with E-state index in [1.54, 1.807) is 0 Å². The molecule has 0 radical (unpaired) electrons. The Labute approximate surface area is 150 Å². The van der Waals surface area contributed by atoms with Crippen molar-refractivity contribution in [2.75, 3.05) is 39.8 Å². The van der Waals surface area contributed by atoms with Crippen LogP contribution in [-0.2, 0) is 17.9 Å². The first-order valence-electron chi connectivity index (χ1n) is 9.29. The van der Waals surface area contributed by atoms with Crippen LogP contribution in [0, 0.1) is 13.8 Å². The van der Waals surface area contributed by atoms with E-state index in [9.17, 15) is 9.90 Å². The van der Waals surface area contributed by atoms with Gasteiger partial charge in [0, 0.05) is 55.9 Å². The van der Waals surface area contributed by atoms with Crippen LogP contribution in [0.2, 0.25) is 0 Å². The van der Waals surface area contributed by atoms with Gasteiger partial charge in [-0.3, -0.25) is 19.3 Å². The molecule has 1 spiro atoms. The highest BCUT2D eigenvalue weighted by atomic mass is 16.3. The third kappa shape index (κ3) is 3.73. The van der Waals surface area contributed by atoms with E-state index in [-0.39, 0.29) is 18.1 Å². The maximum absolute atomic E-state index is 11.8. The number of hydrogen-bond acceptors (Lipinski definition) is 5. The molecule has 7 heteroatoms. The lowest BCUT2D eigenvalue weighted by molar-refractivity contribution is -0.121. The van der Waals surface area contributed by atoms with E-state index in [0.717, 1.165) is 57.0 Å². The van der Waals surface area contributed by atoms with Gasteiger partial charge in [-0.05, 0) is 33.7 Å². The van der Waals surface area contributed by atoms with Gasteiger partial charge >= 0.3 is 0 Å². The fraction of sp³-hybridized carbons (Fsp3) is 0.778. The summed E-state index contributed by atoms with van der Waals surface area (Å²) in [6.45, 7) is 9.50. The Kier molecular flexibility index (Phi) is 5.46. The topological polar surface area (TPSA) is 73.6 Å². The Morgan fingerprint density at radius 1 is 1.28 bits per heavy atom. The predicted molar refractivity (Wildman–Crippen MR) is 96.3 cm³/mol. The lowest BCUT2D eigenvalue weighted by Gasteiger charge is -2.49. The quantitative estimate of drug-likeness (QED) is 0.817. The molecule has 25 heavy (non-hydrogen) atoms. The summed E-state index contributed by atoms with van der Waals surface area (Å²) in [6.07, 6.45) is 2.55. The second kappa shape index (κ2) is 7.43. The molecule has 140 valence electrons. The Morgan fingerprint density at radius 2 is 2.08 bits per heavy atom. The summed E-state index contributed by atoms with van der Waals surface area (Å²) in [4.78, 5) is 16.7. The minimum absolute atomic E-state index is 0.0836. The van der Waals surface area contributed by atoms with Crippen LogP contribution in [0.25, 0.3) is 0 Å². The highest BCUT2D eigenvalue weighted by Crippen LogP contribution is 2.31. The van der Waals surface area contributed by atoms with Crippen LogP contribution in [-0.4, -0.2) is 76.0 Å². The number of hydrogen-bond donors (Lipinski definition) is 2. The fourth-order valence-corrected chi connectivity index (χ4v) is 4.31. The molecule has 1 amide bonds. The van der Waals surface area contributed by atoms with Crippen molar-refractivity contribution in [2.45, 2.75) is 51.7 Å². The van der Waals surface area contributed by atoms with E-state index in [4.69, 9.17) is 0 Å². The van der Waals surface area contributed by atoms with Crippen molar-refractivity contribution in [3.8, 4) is 0 Å². The van der Waals surface area contributed by atoms with Crippen LogP contribution in [0.15, 0.2) is 0 Å². The lowest BCUT2D eigenvalue weighted by atomic mass is 9.86. The molecule has 2 aliphatic rings. The number of aryl methyl sites for hydroxylation is 1. The molecule has 2 N–H and O–H groups in total. The number of nitrogens with one attached hydrogen (secondary N) is 1. The largest absolute Gasteiger partial charge is 0.394 e. The number of carbonyl (C=O) groups is 1. The summed E-state index contributed by atoms with van der Waals surface area (Å²) < 4.78 is 1.91. The van der Waals surface area contributed by atoms with E-state index in [1.807, 2.05) is 4.68 Å². The van der Waals surface area contributed by atoms with E-state index in [2.05, 4.69) is 41.1 Å². The minimum atomic E-state index is 0.0836. The number of rotatable bonds is 4. The van der Waals surface area contributed by atoms with Gasteiger partial charge in [-0.2, -0.15) is 5.10 Å². The second-order valence-corrected chi connectivity index (χ2v) is 7.55. The van der Waals surface area contributed by atoms with Crippen molar-refractivity contribution in [3.05, 3.63) is 17.0 Å². The smallest absolute Gasteiger partial charge is 0.220 e. The molecule has 0 bridgehead atoms. The maximum Gasteiger partial charge on any atom is 0.220 e. The van der Waals surface area contributed by atoms with Gasteiger partial charge in [0.05, 0.1) is 18.8 Å². The molecular formula is C18H31N5O2. The third-order valence-electron chi connectivity index (χ3n) is 6.03.